The van der Waals surface area contributed by atoms with Crippen LogP contribution in [-0.2, 0) is 0 Å². The second-order valence-corrected chi connectivity index (χ2v) is 2.52. The summed E-state index contributed by atoms with van der Waals surface area (Å²) in [6, 6.07) is 2.02. The van der Waals surface area contributed by atoms with E-state index in [1.807, 2.05) is 17.6 Å². The van der Waals surface area contributed by atoms with Gasteiger partial charge in [0.05, 0.1) is 16.4 Å². The van der Waals surface area contributed by atoms with E-state index < -0.39 is 0 Å². The van der Waals surface area contributed by atoms with Crippen molar-refractivity contribution in [2.24, 2.45) is 0 Å². The summed E-state index contributed by atoms with van der Waals surface area (Å²) in [6.45, 7) is 0. The standard InChI is InChI=1S/C5H4N2S/c1-2-8-5-3-6-7-4(1)5/h1-3H,(H,6,7). The number of H-pyrrole nitrogens is 1. The zero-order valence-corrected chi connectivity index (χ0v) is 4.90. The molecule has 8 heavy (non-hydrogen) atoms. The highest BCUT2D eigenvalue weighted by molar-refractivity contribution is 7.17. The van der Waals surface area contributed by atoms with Crippen LogP contribution in [0.5, 0.6) is 0 Å². The van der Waals surface area contributed by atoms with Crippen molar-refractivity contribution in [1.29, 1.82) is 0 Å². The highest BCUT2D eigenvalue weighted by Crippen LogP contribution is 2.15. The van der Waals surface area contributed by atoms with Crippen molar-refractivity contribution >= 4 is 21.6 Å². The van der Waals surface area contributed by atoms with Crippen LogP contribution in [0.25, 0.3) is 10.2 Å². The predicted molar refractivity (Wildman–Crippen MR) is 34.0 cm³/mol. The van der Waals surface area contributed by atoms with Crippen LogP contribution >= 0.6 is 11.3 Å². The summed E-state index contributed by atoms with van der Waals surface area (Å²) in [5.74, 6) is 0. The fraction of sp³-hybridized carbons (Fsp3) is 0. The van der Waals surface area contributed by atoms with E-state index in [4.69, 9.17) is 0 Å². The first-order chi connectivity index (χ1) is 3.97. The van der Waals surface area contributed by atoms with Gasteiger partial charge in [0.1, 0.15) is 0 Å². The summed E-state index contributed by atoms with van der Waals surface area (Å²) in [5, 5.41) is 8.75. The molecule has 0 aliphatic rings. The highest BCUT2D eigenvalue weighted by Gasteiger charge is 1.91. The van der Waals surface area contributed by atoms with Crippen LogP contribution in [-0.4, -0.2) is 10.2 Å². The van der Waals surface area contributed by atoms with Crippen molar-refractivity contribution in [2.75, 3.05) is 0 Å². The molecule has 0 aromatic carbocycles. The van der Waals surface area contributed by atoms with Crippen molar-refractivity contribution in [3.05, 3.63) is 17.6 Å². The molecule has 0 fully saturated rings. The first-order valence-electron chi connectivity index (χ1n) is 2.33. The maximum Gasteiger partial charge on any atom is 0.0758 e. The third-order valence-electron chi connectivity index (χ3n) is 1.06. The Morgan fingerprint density at radius 3 is 3.50 bits per heavy atom. The lowest BCUT2D eigenvalue weighted by Gasteiger charge is -1.64. The molecule has 1 N–H and O–H groups in total. The first-order valence-corrected chi connectivity index (χ1v) is 3.21. The summed E-state index contributed by atoms with van der Waals surface area (Å²) < 4.78 is 1.23. The molecule has 40 valence electrons. The molecular weight excluding hydrogens is 120 g/mol. The number of nitrogens with zero attached hydrogens (tertiary/aromatic N) is 1. The van der Waals surface area contributed by atoms with Crippen molar-refractivity contribution in [2.45, 2.75) is 0 Å². The van der Waals surface area contributed by atoms with E-state index in [2.05, 4.69) is 10.2 Å². The Hall–Kier alpha value is -0.830. The number of fused-ring (bicyclic) bond motifs is 1. The van der Waals surface area contributed by atoms with Gasteiger partial charge in [0.15, 0.2) is 0 Å². The lowest BCUT2D eigenvalue weighted by atomic mass is 10.5. The molecule has 2 rings (SSSR count). The molecule has 2 aromatic heterocycles. The Balaban J connectivity index is 3.06. The third-order valence-corrected chi connectivity index (χ3v) is 1.91. The molecule has 0 radical (unpaired) electrons. The van der Waals surface area contributed by atoms with Gasteiger partial charge in [-0.05, 0) is 11.4 Å². The Labute approximate surface area is 50.2 Å². The van der Waals surface area contributed by atoms with Crippen LogP contribution in [0, 0.1) is 0 Å². The largest absolute Gasteiger partial charge is 0.277 e. The molecule has 0 saturated carbocycles. The molecule has 0 bridgehead atoms. The average Bonchev–Trinajstić information content (AvgIpc) is 2.15. The lowest BCUT2D eigenvalue weighted by molar-refractivity contribution is 1.12. The lowest BCUT2D eigenvalue weighted by Crippen LogP contribution is -1.58. The smallest absolute Gasteiger partial charge is 0.0758 e. The topological polar surface area (TPSA) is 28.7 Å². The van der Waals surface area contributed by atoms with E-state index in [-0.39, 0.29) is 0 Å². The van der Waals surface area contributed by atoms with Gasteiger partial charge >= 0.3 is 0 Å². The zero-order valence-electron chi connectivity index (χ0n) is 4.09. The number of nitrogens with one attached hydrogen (secondary N) is 1. The van der Waals surface area contributed by atoms with E-state index >= 15 is 0 Å². The zero-order chi connectivity index (χ0) is 5.40. The molecule has 0 aliphatic heterocycles. The van der Waals surface area contributed by atoms with Crippen LogP contribution in [0.15, 0.2) is 17.6 Å². The minimum absolute atomic E-state index is 1.13. The average molecular weight is 124 g/mol. The van der Waals surface area contributed by atoms with E-state index in [0.717, 1.165) is 5.52 Å². The van der Waals surface area contributed by atoms with Gasteiger partial charge in [-0.1, -0.05) is 0 Å². The van der Waals surface area contributed by atoms with E-state index in [1.165, 1.54) is 4.70 Å². The Morgan fingerprint density at radius 1 is 1.62 bits per heavy atom. The van der Waals surface area contributed by atoms with Crippen LogP contribution in [0.3, 0.4) is 0 Å². The van der Waals surface area contributed by atoms with Crippen molar-refractivity contribution in [3.8, 4) is 0 Å². The van der Waals surface area contributed by atoms with Gasteiger partial charge in [0.2, 0.25) is 0 Å². The number of hydrogen-bond acceptors (Lipinski definition) is 2. The quantitative estimate of drug-likeness (QED) is 0.568. The number of rotatable bonds is 0. The number of aromatic nitrogens is 2. The minimum Gasteiger partial charge on any atom is -0.277 e. The van der Waals surface area contributed by atoms with Gasteiger partial charge < -0.3 is 0 Å². The third kappa shape index (κ3) is 0.391. The van der Waals surface area contributed by atoms with E-state index in [9.17, 15) is 0 Å². The van der Waals surface area contributed by atoms with E-state index in [0.29, 0.717) is 0 Å². The highest BCUT2D eigenvalue weighted by atomic mass is 32.1. The summed E-state index contributed by atoms with van der Waals surface area (Å²) in [7, 11) is 0. The molecule has 3 heteroatoms. The van der Waals surface area contributed by atoms with Gasteiger partial charge in [-0.15, -0.1) is 11.3 Å². The molecule has 0 amide bonds. The molecule has 0 saturated heterocycles. The van der Waals surface area contributed by atoms with Gasteiger partial charge in [0, 0.05) is 0 Å². The normalized spacial score (nSPS) is 10.5. The maximum absolute atomic E-state index is 3.85. The van der Waals surface area contributed by atoms with Crippen LogP contribution < -0.4 is 0 Å². The molecule has 2 aromatic rings. The maximum atomic E-state index is 3.85. The number of thiophene rings is 1. The molecule has 0 unspecified atom stereocenters. The fourth-order valence-corrected chi connectivity index (χ4v) is 1.38. The second-order valence-electron chi connectivity index (χ2n) is 1.57. The monoisotopic (exact) mass is 124 g/mol. The van der Waals surface area contributed by atoms with Crippen LogP contribution in [0.4, 0.5) is 0 Å². The first kappa shape index (κ1) is 4.09. The van der Waals surface area contributed by atoms with E-state index in [1.54, 1.807) is 11.3 Å². The predicted octanol–water partition coefficient (Wildman–Crippen LogP) is 1.62. The Morgan fingerprint density at radius 2 is 2.62 bits per heavy atom. The van der Waals surface area contributed by atoms with Gasteiger partial charge in [-0.2, -0.15) is 5.10 Å². The van der Waals surface area contributed by atoms with Crippen molar-refractivity contribution in [1.82, 2.24) is 10.2 Å². The molecule has 0 spiro atoms. The molecule has 2 nitrogen and oxygen atoms in total. The second kappa shape index (κ2) is 1.32. The number of aromatic amines is 1. The van der Waals surface area contributed by atoms with Gasteiger partial charge in [-0.3, -0.25) is 5.10 Å². The van der Waals surface area contributed by atoms with Crippen LogP contribution in [0.2, 0.25) is 0 Å². The molecule has 2 heterocycles. The SMILES string of the molecule is c1cc2[nH]ncc2s1. The molecule has 0 atom stereocenters. The fourth-order valence-electron chi connectivity index (χ4n) is 0.674. The summed E-state index contributed by atoms with van der Waals surface area (Å²) >= 11 is 1.70. The van der Waals surface area contributed by atoms with Crippen molar-refractivity contribution in [3.63, 3.8) is 0 Å². The molecular formula is C5H4N2S. The summed E-state index contributed by atoms with van der Waals surface area (Å²) in [4.78, 5) is 0. The minimum atomic E-state index is 1.13. The Bertz CT molecular complexity index is 232. The Kier molecular flexibility index (Phi) is 0.676. The summed E-state index contributed by atoms with van der Waals surface area (Å²) in [5.41, 5.74) is 1.13. The van der Waals surface area contributed by atoms with Gasteiger partial charge in [-0.25, -0.2) is 0 Å². The van der Waals surface area contributed by atoms with Crippen molar-refractivity contribution < 1.29 is 0 Å². The van der Waals surface area contributed by atoms with Crippen LogP contribution in [0.1, 0.15) is 0 Å². The number of hydrogen-bond donors (Lipinski definition) is 1. The van der Waals surface area contributed by atoms with Gasteiger partial charge in [0.25, 0.3) is 0 Å². The molecule has 0 aliphatic carbocycles. The summed E-state index contributed by atoms with van der Waals surface area (Å²) in [6.07, 6.45) is 1.83.